The molecule has 1 saturated carbocycles. The summed E-state index contributed by atoms with van der Waals surface area (Å²) in [4.78, 5) is 15.3. The molecule has 1 saturated heterocycles. The van der Waals surface area contributed by atoms with E-state index in [9.17, 15) is 13.2 Å². The van der Waals surface area contributed by atoms with Crippen LogP contribution >= 0.6 is 0 Å². The van der Waals surface area contributed by atoms with Crippen LogP contribution in [0.5, 0.6) is 0 Å². The summed E-state index contributed by atoms with van der Waals surface area (Å²) in [5, 5.41) is 0. The molecule has 1 heterocycles. The Morgan fingerprint density at radius 2 is 1.64 bits per heavy atom. The predicted octanol–water partition coefficient (Wildman–Crippen LogP) is 3.27. The molecule has 0 spiro atoms. The van der Waals surface area contributed by atoms with Gasteiger partial charge in [-0.05, 0) is 50.3 Å². The number of carbonyl (C=O) groups is 1. The van der Waals surface area contributed by atoms with E-state index in [1.165, 1.54) is 6.42 Å². The fourth-order valence-corrected chi connectivity index (χ4v) is 4.75. The molecule has 1 aliphatic heterocycles. The molecule has 0 atom stereocenters. The smallest absolute Gasteiger partial charge is 0.233 e. The van der Waals surface area contributed by atoms with Crippen molar-refractivity contribution in [3.05, 3.63) is 29.8 Å². The van der Waals surface area contributed by atoms with Crippen molar-refractivity contribution < 1.29 is 13.2 Å². The van der Waals surface area contributed by atoms with Gasteiger partial charge in [0, 0.05) is 18.8 Å². The first-order chi connectivity index (χ1) is 12.0. The van der Waals surface area contributed by atoms with E-state index < -0.39 is 15.4 Å². The summed E-state index contributed by atoms with van der Waals surface area (Å²) in [6.07, 6.45) is 7.31. The topological polar surface area (TPSA) is 66.5 Å². The molecule has 3 rings (SSSR count). The second-order valence-electron chi connectivity index (χ2n) is 7.22. The highest BCUT2D eigenvalue weighted by atomic mass is 32.2. The summed E-state index contributed by atoms with van der Waals surface area (Å²) in [6, 6.07) is 7.45. The molecule has 0 unspecified atom stereocenters. The van der Waals surface area contributed by atoms with E-state index in [0.29, 0.717) is 5.69 Å². The van der Waals surface area contributed by atoms with Gasteiger partial charge in [0.05, 0.1) is 11.2 Å². The molecule has 6 heteroatoms. The van der Waals surface area contributed by atoms with Gasteiger partial charge in [0.25, 0.3) is 0 Å². The van der Waals surface area contributed by atoms with E-state index in [4.69, 9.17) is 0 Å². The van der Waals surface area contributed by atoms with Gasteiger partial charge < -0.3 is 4.90 Å². The van der Waals surface area contributed by atoms with E-state index >= 15 is 0 Å². The fourth-order valence-electron chi connectivity index (χ4n) is 4.11. The monoisotopic (exact) mass is 364 g/mol. The number of nitrogens with one attached hydrogen (secondary N) is 1. The number of nitrogens with zero attached hydrogens (tertiary/aromatic N) is 1. The summed E-state index contributed by atoms with van der Waals surface area (Å²) in [6.45, 7) is 3.35. The number of benzene rings is 1. The van der Waals surface area contributed by atoms with Gasteiger partial charge in [-0.2, -0.15) is 0 Å². The van der Waals surface area contributed by atoms with Crippen LogP contribution < -0.4 is 4.72 Å². The lowest BCUT2D eigenvalue weighted by Crippen LogP contribution is -2.47. The van der Waals surface area contributed by atoms with Crippen LogP contribution in [0.15, 0.2) is 24.3 Å². The van der Waals surface area contributed by atoms with E-state index in [2.05, 4.69) is 4.72 Å². The number of hydrogen-bond donors (Lipinski definition) is 1. The van der Waals surface area contributed by atoms with Gasteiger partial charge in [-0.1, -0.05) is 31.4 Å². The molecule has 2 fully saturated rings. The number of amides is 1. The van der Waals surface area contributed by atoms with E-state index in [-0.39, 0.29) is 11.7 Å². The van der Waals surface area contributed by atoms with Gasteiger partial charge in [0.2, 0.25) is 15.9 Å². The number of anilines is 1. The van der Waals surface area contributed by atoms with Gasteiger partial charge in [-0.3, -0.25) is 9.52 Å². The number of rotatable bonds is 5. The predicted molar refractivity (Wildman–Crippen MR) is 100 cm³/mol. The van der Waals surface area contributed by atoms with Crippen LogP contribution in [0, 0.1) is 0 Å². The highest BCUT2D eigenvalue weighted by molar-refractivity contribution is 7.92. The Kier molecular flexibility index (Phi) is 5.37. The summed E-state index contributed by atoms with van der Waals surface area (Å²) in [5.74, 6) is 0.318. The minimum absolute atomic E-state index is 0.0478. The van der Waals surface area contributed by atoms with Crippen LogP contribution in [0.4, 0.5) is 5.69 Å². The standard InChI is InChI=1S/C19H28N2O3S/c1-2-25(23,24)20-17-10-8-16(9-11-17)19(12-4-3-5-13-19)18(22)21-14-6-7-15-21/h8-11,20H,2-7,12-15H2,1H3. The van der Waals surface area contributed by atoms with Gasteiger partial charge in [0.15, 0.2) is 0 Å². The summed E-state index contributed by atoms with van der Waals surface area (Å²) < 4.78 is 26.0. The highest BCUT2D eigenvalue weighted by Crippen LogP contribution is 2.42. The largest absolute Gasteiger partial charge is 0.342 e. The first-order valence-electron chi connectivity index (χ1n) is 9.37. The molecule has 1 aromatic rings. The highest BCUT2D eigenvalue weighted by Gasteiger charge is 2.43. The van der Waals surface area contributed by atoms with Crippen LogP contribution in [0.25, 0.3) is 0 Å². The molecule has 138 valence electrons. The molecule has 0 bridgehead atoms. The van der Waals surface area contributed by atoms with Crippen LogP contribution in [0.3, 0.4) is 0 Å². The second kappa shape index (κ2) is 7.36. The molecule has 2 aliphatic rings. The zero-order valence-corrected chi connectivity index (χ0v) is 15.8. The average molecular weight is 365 g/mol. The zero-order valence-electron chi connectivity index (χ0n) is 15.0. The molecule has 25 heavy (non-hydrogen) atoms. The van der Waals surface area contributed by atoms with Crippen LogP contribution in [-0.4, -0.2) is 38.1 Å². The first-order valence-corrected chi connectivity index (χ1v) is 11.0. The Morgan fingerprint density at radius 1 is 1.04 bits per heavy atom. The number of sulfonamides is 1. The molecule has 1 amide bonds. The van der Waals surface area contributed by atoms with Gasteiger partial charge in [0.1, 0.15) is 0 Å². The van der Waals surface area contributed by atoms with Crippen LogP contribution in [-0.2, 0) is 20.2 Å². The summed E-state index contributed by atoms with van der Waals surface area (Å²) in [7, 11) is -3.28. The van der Waals surface area contributed by atoms with E-state index in [0.717, 1.165) is 57.2 Å². The van der Waals surface area contributed by atoms with Crippen molar-refractivity contribution in [3.8, 4) is 0 Å². The van der Waals surface area contributed by atoms with E-state index in [1.807, 2.05) is 17.0 Å². The Labute approximate surface area is 150 Å². The third-order valence-corrected chi connectivity index (χ3v) is 6.91. The maximum absolute atomic E-state index is 13.3. The Hall–Kier alpha value is -1.56. The number of carbonyl (C=O) groups excluding carboxylic acids is 1. The third-order valence-electron chi connectivity index (χ3n) is 5.60. The molecule has 1 N–H and O–H groups in total. The maximum atomic E-state index is 13.3. The molecule has 0 radical (unpaired) electrons. The summed E-state index contributed by atoms with van der Waals surface area (Å²) in [5.41, 5.74) is 1.17. The number of likely N-dealkylation sites (tertiary alicyclic amines) is 1. The van der Waals surface area contributed by atoms with Crippen molar-refractivity contribution in [2.75, 3.05) is 23.6 Å². The minimum Gasteiger partial charge on any atom is -0.342 e. The number of hydrogen-bond acceptors (Lipinski definition) is 3. The Bertz CT molecular complexity index is 701. The molecule has 0 aromatic heterocycles. The lowest BCUT2D eigenvalue weighted by molar-refractivity contribution is -0.137. The quantitative estimate of drug-likeness (QED) is 0.872. The molecular weight excluding hydrogens is 336 g/mol. The lowest BCUT2D eigenvalue weighted by atomic mass is 9.68. The van der Waals surface area contributed by atoms with Crippen molar-refractivity contribution in [1.82, 2.24) is 4.90 Å². The first kappa shape index (κ1) is 18.2. The third kappa shape index (κ3) is 3.84. The Morgan fingerprint density at radius 3 is 2.20 bits per heavy atom. The SMILES string of the molecule is CCS(=O)(=O)Nc1ccc(C2(C(=O)N3CCCC3)CCCCC2)cc1. The van der Waals surface area contributed by atoms with Crippen molar-refractivity contribution in [2.45, 2.75) is 57.3 Å². The van der Waals surface area contributed by atoms with Gasteiger partial charge in [-0.15, -0.1) is 0 Å². The molecule has 1 aliphatic carbocycles. The molecule has 1 aromatic carbocycles. The van der Waals surface area contributed by atoms with Crippen molar-refractivity contribution in [3.63, 3.8) is 0 Å². The molecule has 5 nitrogen and oxygen atoms in total. The fraction of sp³-hybridized carbons (Fsp3) is 0.632. The van der Waals surface area contributed by atoms with Crippen LogP contribution in [0.2, 0.25) is 0 Å². The molecular formula is C19H28N2O3S. The van der Waals surface area contributed by atoms with Crippen molar-refractivity contribution in [1.29, 1.82) is 0 Å². The average Bonchev–Trinajstić information content (AvgIpc) is 3.16. The lowest BCUT2D eigenvalue weighted by Gasteiger charge is -2.39. The second-order valence-corrected chi connectivity index (χ2v) is 9.24. The zero-order chi connectivity index (χ0) is 17.9. The Balaban J connectivity index is 1.87. The van der Waals surface area contributed by atoms with E-state index in [1.54, 1.807) is 19.1 Å². The summed E-state index contributed by atoms with van der Waals surface area (Å²) >= 11 is 0. The van der Waals surface area contributed by atoms with Gasteiger partial charge in [-0.25, -0.2) is 8.42 Å². The minimum atomic E-state index is -3.28. The van der Waals surface area contributed by atoms with Crippen molar-refractivity contribution in [2.24, 2.45) is 0 Å². The van der Waals surface area contributed by atoms with Crippen LogP contribution in [0.1, 0.15) is 57.4 Å². The normalized spacial score (nSPS) is 20.4. The van der Waals surface area contributed by atoms with Gasteiger partial charge >= 0.3 is 0 Å². The maximum Gasteiger partial charge on any atom is 0.233 e. The van der Waals surface area contributed by atoms with Crippen molar-refractivity contribution >= 4 is 21.6 Å².